The molecule has 0 aromatic heterocycles. The van der Waals surface area contributed by atoms with Gasteiger partial charge in [-0.25, -0.2) is 0 Å². The lowest BCUT2D eigenvalue weighted by molar-refractivity contribution is 0.184. The second-order valence-corrected chi connectivity index (χ2v) is 12.1. The van der Waals surface area contributed by atoms with Gasteiger partial charge in [0.25, 0.3) is 0 Å². The topological polar surface area (TPSA) is 18.5 Å². The van der Waals surface area contributed by atoms with Gasteiger partial charge in [-0.15, -0.1) is 0 Å². The molecule has 0 spiro atoms. The molecule has 0 amide bonds. The van der Waals surface area contributed by atoms with E-state index in [2.05, 4.69) is 58.2 Å². The molecular weight excluding hydrogens is 288 g/mol. The molecular formula is C19H28O2Si. The van der Waals surface area contributed by atoms with Crippen LogP contribution in [-0.2, 0) is 15.8 Å². The minimum absolute atomic E-state index is 0.238. The predicted octanol–water partition coefficient (Wildman–Crippen LogP) is 5.79. The zero-order valence-electron chi connectivity index (χ0n) is 14.5. The van der Waals surface area contributed by atoms with Gasteiger partial charge in [0.1, 0.15) is 6.61 Å². The van der Waals surface area contributed by atoms with Gasteiger partial charge in [0.05, 0.1) is 11.5 Å². The first kappa shape index (κ1) is 16.9. The largest absolute Gasteiger partial charge is 0.546 e. The Morgan fingerprint density at radius 1 is 0.955 bits per heavy atom. The first-order valence-corrected chi connectivity index (χ1v) is 10.9. The Morgan fingerprint density at radius 2 is 1.55 bits per heavy atom. The van der Waals surface area contributed by atoms with Crippen molar-refractivity contribution in [1.29, 1.82) is 0 Å². The summed E-state index contributed by atoms with van der Waals surface area (Å²) in [7, 11) is -1.72. The van der Waals surface area contributed by atoms with E-state index < -0.39 is 8.32 Å². The zero-order valence-corrected chi connectivity index (χ0v) is 15.5. The predicted molar refractivity (Wildman–Crippen MR) is 94.9 cm³/mol. The van der Waals surface area contributed by atoms with Gasteiger partial charge in [-0.3, -0.25) is 0 Å². The van der Waals surface area contributed by atoms with Crippen molar-refractivity contribution in [2.45, 2.75) is 58.4 Å². The van der Waals surface area contributed by atoms with Gasteiger partial charge < -0.3 is 9.16 Å². The van der Waals surface area contributed by atoms with Crippen molar-refractivity contribution in [2.24, 2.45) is 0 Å². The Labute approximate surface area is 136 Å². The molecule has 1 aromatic rings. The van der Waals surface area contributed by atoms with E-state index in [1.54, 1.807) is 0 Å². The van der Waals surface area contributed by atoms with Gasteiger partial charge in [0, 0.05) is 12.8 Å². The molecule has 22 heavy (non-hydrogen) atoms. The van der Waals surface area contributed by atoms with Crippen LogP contribution in [0.1, 0.15) is 39.2 Å². The number of benzene rings is 1. The monoisotopic (exact) mass is 316 g/mol. The Hall–Kier alpha value is -1.48. The van der Waals surface area contributed by atoms with Crippen molar-refractivity contribution in [3.63, 3.8) is 0 Å². The molecule has 0 heterocycles. The lowest BCUT2D eigenvalue weighted by Crippen LogP contribution is -2.40. The SMILES string of the molecule is CC(C)(C)[Si](C)(C)OC1=CC=C(OCc2ccccc2)CC1. The third kappa shape index (κ3) is 4.50. The zero-order chi connectivity index (χ0) is 16.2. The second-order valence-electron chi connectivity index (χ2n) is 7.40. The first-order valence-electron chi connectivity index (χ1n) is 8.03. The highest BCUT2D eigenvalue weighted by atomic mass is 28.4. The van der Waals surface area contributed by atoms with Crippen LogP contribution in [-0.4, -0.2) is 8.32 Å². The fourth-order valence-electron chi connectivity index (χ4n) is 2.04. The summed E-state index contributed by atoms with van der Waals surface area (Å²) in [5.41, 5.74) is 1.20. The summed E-state index contributed by atoms with van der Waals surface area (Å²) >= 11 is 0. The van der Waals surface area contributed by atoms with E-state index in [-0.39, 0.29) is 5.04 Å². The van der Waals surface area contributed by atoms with E-state index in [1.165, 1.54) is 5.56 Å². The number of hydrogen-bond acceptors (Lipinski definition) is 2. The highest BCUT2D eigenvalue weighted by molar-refractivity contribution is 6.74. The van der Waals surface area contributed by atoms with Gasteiger partial charge >= 0.3 is 0 Å². The molecule has 0 atom stereocenters. The van der Waals surface area contributed by atoms with Gasteiger partial charge in [-0.1, -0.05) is 51.1 Å². The maximum Gasteiger partial charge on any atom is 0.250 e. The Balaban J connectivity index is 1.91. The van der Waals surface area contributed by atoms with Crippen LogP contribution in [0.15, 0.2) is 54.0 Å². The fourth-order valence-corrected chi connectivity index (χ4v) is 3.17. The lowest BCUT2D eigenvalue weighted by Gasteiger charge is -2.37. The summed E-state index contributed by atoms with van der Waals surface area (Å²) in [6, 6.07) is 10.3. The first-order chi connectivity index (χ1) is 10.3. The van der Waals surface area contributed by atoms with Crippen LogP contribution in [0.2, 0.25) is 18.1 Å². The van der Waals surface area contributed by atoms with Crippen LogP contribution in [0.4, 0.5) is 0 Å². The van der Waals surface area contributed by atoms with Crippen molar-refractivity contribution in [3.8, 4) is 0 Å². The van der Waals surface area contributed by atoms with Gasteiger partial charge in [0.15, 0.2) is 0 Å². The van der Waals surface area contributed by atoms with Crippen LogP contribution in [0.5, 0.6) is 0 Å². The van der Waals surface area contributed by atoms with Crippen molar-refractivity contribution in [2.75, 3.05) is 0 Å². The maximum atomic E-state index is 6.35. The number of hydrogen-bond donors (Lipinski definition) is 0. The molecule has 1 aliphatic carbocycles. The molecule has 0 saturated carbocycles. The fraction of sp³-hybridized carbons (Fsp3) is 0.474. The Kier molecular flexibility index (Phi) is 5.17. The molecule has 3 heteroatoms. The highest BCUT2D eigenvalue weighted by Crippen LogP contribution is 2.39. The minimum Gasteiger partial charge on any atom is -0.546 e. The number of allylic oxidation sites excluding steroid dienone is 4. The van der Waals surface area contributed by atoms with E-state index in [0.29, 0.717) is 6.61 Å². The van der Waals surface area contributed by atoms with E-state index in [1.807, 2.05) is 18.2 Å². The van der Waals surface area contributed by atoms with Crippen molar-refractivity contribution >= 4 is 8.32 Å². The minimum atomic E-state index is -1.72. The van der Waals surface area contributed by atoms with Gasteiger partial charge in [-0.2, -0.15) is 0 Å². The van der Waals surface area contributed by atoms with E-state index in [4.69, 9.17) is 9.16 Å². The molecule has 1 aliphatic rings. The third-order valence-corrected chi connectivity index (χ3v) is 8.92. The maximum absolute atomic E-state index is 6.35. The lowest BCUT2D eigenvalue weighted by atomic mass is 10.1. The Morgan fingerprint density at radius 3 is 2.09 bits per heavy atom. The summed E-state index contributed by atoms with van der Waals surface area (Å²) in [6.45, 7) is 12.0. The summed E-state index contributed by atoms with van der Waals surface area (Å²) in [5.74, 6) is 2.16. The number of ether oxygens (including phenoxy) is 1. The van der Waals surface area contributed by atoms with Crippen molar-refractivity contribution in [1.82, 2.24) is 0 Å². The molecule has 120 valence electrons. The molecule has 0 radical (unpaired) electrons. The quantitative estimate of drug-likeness (QED) is 0.640. The molecule has 0 saturated heterocycles. The van der Waals surface area contributed by atoms with Crippen molar-refractivity contribution < 1.29 is 9.16 Å². The average molecular weight is 317 g/mol. The average Bonchev–Trinajstić information content (AvgIpc) is 2.46. The summed E-state index contributed by atoms with van der Waals surface area (Å²) in [5, 5.41) is 0.238. The van der Waals surface area contributed by atoms with Gasteiger partial charge in [0.2, 0.25) is 8.32 Å². The molecule has 2 rings (SSSR count). The van der Waals surface area contributed by atoms with E-state index in [9.17, 15) is 0 Å². The van der Waals surface area contributed by atoms with Crippen LogP contribution in [0, 0.1) is 0 Å². The van der Waals surface area contributed by atoms with Crippen LogP contribution < -0.4 is 0 Å². The molecule has 0 fully saturated rings. The normalized spacial score (nSPS) is 15.9. The second kappa shape index (κ2) is 6.74. The van der Waals surface area contributed by atoms with E-state index >= 15 is 0 Å². The molecule has 1 aromatic carbocycles. The molecule has 2 nitrogen and oxygen atoms in total. The van der Waals surface area contributed by atoms with Crippen molar-refractivity contribution in [3.05, 3.63) is 59.6 Å². The smallest absolute Gasteiger partial charge is 0.250 e. The molecule has 0 bridgehead atoms. The standard InChI is InChI=1S/C19H28O2Si/c1-19(2,3)22(4,5)21-18-13-11-17(12-14-18)20-15-16-9-7-6-8-10-16/h6-11,13H,12,14-15H2,1-5H3. The molecule has 0 aliphatic heterocycles. The number of rotatable bonds is 5. The van der Waals surface area contributed by atoms with E-state index in [0.717, 1.165) is 24.4 Å². The summed E-state index contributed by atoms with van der Waals surface area (Å²) in [6.07, 6.45) is 6.01. The van der Waals surface area contributed by atoms with Crippen LogP contribution in [0.25, 0.3) is 0 Å². The summed E-state index contributed by atoms with van der Waals surface area (Å²) < 4.78 is 12.2. The van der Waals surface area contributed by atoms with Crippen LogP contribution >= 0.6 is 0 Å². The van der Waals surface area contributed by atoms with Gasteiger partial charge in [-0.05, 0) is 35.8 Å². The highest BCUT2D eigenvalue weighted by Gasteiger charge is 2.39. The molecule has 0 N–H and O–H groups in total. The van der Waals surface area contributed by atoms with Crippen LogP contribution in [0.3, 0.4) is 0 Å². The summed E-state index contributed by atoms with van der Waals surface area (Å²) in [4.78, 5) is 0. The molecule has 0 unspecified atom stereocenters. The third-order valence-electron chi connectivity index (χ3n) is 4.53. The Bertz CT molecular complexity index is 551.